The Morgan fingerprint density at radius 1 is 0.833 bits per heavy atom. The van der Waals surface area contributed by atoms with Gasteiger partial charge >= 0.3 is 0 Å². The molecule has 1 heterocycles. The largest absolute Gasteiger partial charge is 0.507 e. The summed E-state index contributed by atoms with van der Waals surface area (Å²) in [5.74, 6) is 0.0485. The monoisotopic (exact) mass is 392 g/mol. The number of carbonyl (C=O) groups is 1. The molecular weight excluding hydrogens is 372 g/mol. The van der Waals surface area contributed by atoms with Gasteiger partial charge in [-0.3, -0.25) is 4.79 Å². The van der Waals surface area contributed by atoms with Crippen molar-refractivity contribution in [3.8, 4) is 5.75 Å². The van der Waals surface area contributed by atoms with Crippen LogP contribution in [0.3, 0.4) is 0 Å². The third kappa shape index (κ3) is 3.12. The van der Waals surface area contributed by atoms with Crippen molar-refractivity contribution in [1.29, 1.82) is 0 Å². The van der Waals surface area contributed by atoms with Crippen LogP contribution in [0.15, 0.2) is 102 Å². The molecule has 0 saturated carbocycles. The topological polar surface area (TPSA) is 52.9 Å². The van der Waals surface area contributed by atoms with Gasteiger partial charge < -0.3 is 5.11 Å². The highest BCUT2D eigenvalue weighted by Crippen LogP contribution is 2.37. The second-order valence-electron chi connectivity index (χ2n) is 7.38. The summed E-state index contributed by atoms with van der Waals surface area (Å²) in [5.41, 5.74) is 2.97. The van der Waals surface area contributed by atoms with E-state index in [4.69, 9.17) is 5.10 Å². The third-order valence-electron chi connectivity index (χ3n) is 5.54. The van der Waals surface area contributed by atoms with Gasteiger partial charge in [0.15, 0.2) is 0 Å². The van der Waals surface area contributed by atoms with E-state index >= 15 is 0 Å². The maximum Gasteiger partial charge on any atom is 0.274 e. The lowest BCUT2D eigenvalue weighted by Crippen LogP contribution is -2.27. The zero-order valence-electron chi connectivity index (χ0n) is 16.3. The molecule has 4 aromatic rings. The van der Waals surface area contributed by atoms with Crippen molar-refractivity contribution in [2.24, 2.45) is 5.10 Å². The predicted molar refractivity (Wildman–Crippen MR) is 119 cm³/mol. The summed E-state index contributed by atoms with van der Waals surface area (Å²) < 4.78 is 0. The van der Waals surface area contributed by atoms with Gasteiger partial charge in [-0.1, -0.05) is 78.9 Å². The molecule has 5 rings (SSSR count). The minimum Gasteiger partial charge on any atom is -0.507 e. The summed E-state index contributed by atoms with van der Waals surface area (Å²) in [6, 6.07) is 30.4. The zero-order chi connectivity index (χ0) is 20.5. The first kappa shape index (κ1) is 18.1. The molecule has 1 aliphatic rings. The Labute approximate surface area is 174 Å². The summed E-state index contributed by atoms with van der Waals surface area (Å²) in [4.78, 5) is 13.3. The molecule has 0 spiro atoms. The predicted octanol–water partition coefficient (Wildman–Crippen LogP) is 5.54. The molecule has 1 aliphatic heterocycles. The number of benzene rings is 4. The quantitative estimate of drug-likeness (QED) is 0.498. The smallest absolute Gasteiger partial charge is 0.274 e. The van der Waals surface area contributed by atoms with E-state index in [1.54, 1.807) is 17.1 Å². The van der Waals surface area contributed by atoms with Crippen LogP contribution in [0.2, 0.25) is 0 Å². The van der Waals surface area contributed by atoms with Crippen molar-refractivity contribution >= 4 is 22.4 Å². The van der Waals surface area contributed by atoms with Gasteiger partial charge in [0, 0.05) is 22.9 Å². The molecule has 0 saturated heterocycles. The van der Waals surface area contributed by atoms with Crippen molar-refractivity contribution in [3.63, 3.8) is 0 Å². The summed E-state index contributed by atoms with van der Waals surface area (Å²) >= 11 is 0. The van der Waals surface area contributed by atoms with Gasteiger partial charge in [0.25, 0.3) is 5.91 Å². The summed E-state index contributed by atoms with van der Waals surface area (Å²) in [5, 5.41) is 18.9. The van der Waals surface area contributed by atoms with Crippen LogP contribution in [-0.4, -0.2) is 21.7 Å². The molecule has 146 valence electrons. The molecule has 0 bridgehead atoms. The molecule has 30 heavy (non-hydrogen) atoms. The summed E-state index contributed by atoms with van der Waals surface area (Å²) in [6.07, 6.45) is 0.536. The lowest BCUT2D eigenvalue weighted by Gasteiger charge is -2.22. The number of fused-ring (bicyclic) bond motifs is 1. The second-order valence-corrected chi connectivity index (χ2v) is 7.38. The average Bonchev–Trinajstić information content (AvgIpc) is 3.25. The molecule has 1 N–H and O–H groups in total. The molecule has 1 amide bonds. The maximum absolute atomic E-state index is 13.3. The number of hydrazone groups is 1. The molecule has 4 aromatic carbocycles. The Kier molecular flexibility index (Phi) is 4.52. The van der Waals surface area contributed by atoms with E-state index in [-0.39, 0.29) is 17.7 Å². The van der Waals surface area contributed by atoms with Crippen LogP contribution < -0.4 is 0 Å². The van der Waals surface area contributed by atoms with E-state index < -0.39 is 0 Å². The van der Waals surface area contributed by atoms with Crippen LogP contribution in [0.25, 0.3) is 10.8 Å². The highest BCUT2D eigenvalue weighted by Gasteiger charge is 2.34. The van der Waals surface area contributed by atoms with E-state index in [2.05, 4.69) is 0 Å². The van der Waals surface area contributed by atoms with E-state index in [0.717, 1.165) is 16.3 Å². The fourth-order valence-corrected chi connectivity index (χ4v) is 4.00. The molecular formula is C26H20N2O2. The minimum atomic E-state index is -0.222. The van der Waals surface area contributed by atoms with Crippen molar-refractivity contribution in [2.75, 3.05) is 0 Å². The van der Waals surface area contributed by atoms with E-state index in [1.807, 2.05) is 84.9 Å². The van der Waals surface area contributed by atoms with Crippen LogP contribution in [0, 0.1) is 0 Å². The average molecular weight is 392 g/mol. The van der Waals surface area contributed by atoms with Gasteiger partial charge in [0.2, 0.25) is 0 Å². The SMILES string of the molecule is O=C(c1ccccc1)N1N=C(c2ccc3ccccc3c2O)C[C@@H]1c1ccccc1. The number of hydrogen-bond acceptors (Lipinski definition) is 3. The number of phenols is 1. The number of carbonyl (C=O) groups excluding carboxylic acids is 1. The fraction of sp³-hybridized carbons (Fsp3) is 0.0769. The number of aromatic hydroxyl groups is 1. The van der Waals surface area contributed by atoms with Crippen LogP contribution in [0.4, 0.5) is 0 Å². The van der Waals surface area contributed by atoms with Gasteiger partial charge in [-0.25, -0.2) is 5.01 Å². The normalized spacial score (nSPS) is 15.9. The Hall–Kier alpha value is -3.92. The van der Waals surface area contributed by atoms with Crippen molar-refractivity contribution in [1.82, 2.24) is 5.01 Å². The Morgan fingerprint density at radius 2 is 1.50 bits per heavy atom. The molecule has 4 heteroatoms. The Morgan fingerprint density at radius 3 is 2.27 bits per heavy atom. The molecule has 0 aromatic heterocycles. The van der Waals surface area contributed by atoms with Gasteiger partial charge in [-0.2, -0.15) is 5.10 Å². The van der Waals surface area contributed by atoms with Crippen molar-refractivity contribution in [3.05, 3.63) is 114 Å². The third-order valence-corrected chi connectivity index (χ3v) is 5.54. The van der Waals surface area contributed by atoms with E-state index in [9.17, 15) is 9.90 Å². The van der Waals surface area contributed by atoms with Gasteiger partial charge in [0.1, 0.15) is 5.75 Å². The zero-order valence-corrected chi connectivity index (χ0v) is 16.3. The second kappa shape index (κ2) is 7.48. The lowest BCUT2D eigenvalue weighted by molar-refractivity contribution is 0.0711. The number of nitrogens with zero attached hydrogens (tertiary/aromatic N) is 2. The number of phenolic OH excluding ortho intramolecular Hbond substituents is 1. The highest BCUT2D eigenvalue weighted by atomic mass is 16.3. The van der Waals surface area contributed by atoms with Crippen LogP contribution in [0.1, 0.15) is 33.9 Å². The van der Waals surface area contributed by atoms with Gasteiger partial charge in [0.05, 0.1) is 11.8 Å². The summed E-state index contributed by atoms with van der Waals surface area (Å²) in [7, 11) is 0. The van der Waals surface area contributed by atoms with Crippen LogP contribution in [0.5, 0.6) is 5.75 Å². The number of rotatable bonds is 3. The Balaban J connectivity index is 1.60. The van der Waals surface area contributed by atoms with Crippen LogP contribution >= 0.6 is 0 Å². The minimum absolute atomic E-state index is 0.153. The molecule has 0 fully saturated rings. The van der Waals surface area contributed by atoms with Crippen LogP contribution in [-0.2, 0) is 0 Å². The first-order chi connectivity index (χ1) is 14.7. The van der Waals surface area contributed by atoms with Gasteiger partial charge in [-0.05, 0) is 29.1 Å². The summed E-state index contributed by atoms with van der Waals surface area (Å²) in [6.45, 7) is 0. The van der Waals surface area contributed by atoms with Crippen molar-refractivity contribution < 1.29 is 9.90 Å². The van der Waals surface area contributed by atoms with E-state index in [1.165, 1.54) is 0 Å². The standard InChI is InChI=1S/C26H20N2O2/c29-25-21-14-8-7-9-18(21)15-16-22(25)23-17-24(19-10-3-1-4-11-19)28(27-23)26(30)20-12-5-2-6-13-20/h1-16,24,29H,17H2/t24-/m1/s1. The molecule has 0 aliphatic carbocycles. The van der Waals surface area contributed by atoms with Gasteiger partial charge in [-0.15, -0.1) is 0 Å². The fourth-order valence-electron chi connectivity index (χ4n) is 4.00. The van der Waals surface area contributed by atoms with E-state index in [0.29, 0.717) is 23.3 Å². The molecule has 0 unspecified atom stereocenters. The first-order valence-corrected chi connectivity index (χ1v) is 9.94. The number of hydrogen-bond donors (Lipinski definition) is 1. The maximum atomic E-state index is 13.3. The van der Waals surface area contributed by atoms with Crippen molar-refractivity contribution in [2.45, 2.75) is 12.5 Å². The molecule has 0 radical (unpaired) electrons. The highest BCUT2D eigenvalue weighted by molar-refractivity contribution is 6.10. The first-order valence-electron chi connectivity index (χ1n) is 9.94. The molecule has 1 atom stereocenters. The lowest BCUT2D eigenvalue weighted by atomic mass is 9.96. The number of amides is 1. The molecule has 4 nitrogen and oxygen atoms in total. The Bertz CT molecular complexity index is 1250.